The molecule has 0 bridgehead atoms. The van der Waals surface area contributed by atoms with Crippen LogP contribution in [0.1, 0.15) is 60.8 Å². The first-order chi connectivity index (χ1) is 9.86. The van der Waals surface area contributed by atoms with E-state index in [0.29, 0.717) is 17.8 Å². The van der Waals surface area contributed by atoms with Crippen LogP contribution >= 0.6 is 0 Å². The van der Waals surface area contributed by atoms with Gasteiger partial charge < -0.3 is 9.53 Å². The van der Waals surface area contributed by atoms with Crippen molar-refractivity contribution >= 4 is 14.3 Å². The van der Waals surface area contributed by atoms with E-state index >= 15 is 0 Å². The Bertz CT molecular complexity index is 384. The van der Waals surface area contributed by atoms with E-state index in [1.54, 1.807) is 0 Å². The van der Waals surface area contributed by atoms with E-state index in [1.807, 2.05) is 0 Å². The molecule has 0 heterocycles. The van der Waals surface area contributed by atoms with E-state index in [2.05, 4.69) is 54.6 Å². The molecule has 1 N–H and O–H groups in total. The van der Waals surface area contributed by atoms with Gasteiger partial charge in [-0.2, -0.15) is 0 Å². The number of carboxylic acid groups (broad SMARTS) is 1. The largest absolute Gasteiger partial charge is 0.479 e. The minimum Gasteiger partial charge on any atom is -0.479 e. The Kier molecular flexibility index (Phi) is 6.30. The summed E-state index contributed by atoms with van der Waals surface area (Å²) in [6, 6.07) is 0. The summed E-state index contributed by atoms with van der Waals surface area (Å²) in [5.41, 5.74) is 0. The molecule has 3 nitrogen and oxygen atoms in total. The van der Waals surface area contributed by atoms with Crippen LogP contribution in [-0.2, 0) is 9.22 Å². The van der Waals surface area contributed by atoms with Gasteiger partial charge in [0.2, 0.25) is 0 Å². The van der Waals surface area contributed by atoms with Crippen molar-refractivity contribution in [1.82, 2.24) is 0 Å². The summed E-state index contributed by atoms with van der Waals surface area (Å²) in [7, 11) is -2.08. The molecule has 4 unspecified atom stereocenters. The zero-order chi connectivity index (χ0) is 17.3. The van der Waals surface area contributed by atoms with Crippen molar-refractivity contribution in [2.45, 2.75) is 85.0 Å². The molecule has 1 aliphatic rings. The second-order valence-corrected chi connectivity index (χ2v) is 13.9. The van der Waals surface area contributed by atoms with Crippen LogP contribution in [0.25, 0.3) is 0 Å². The van der Waals surface area contributed by atoms with Crippen molar-refractivity contribution < 1.29 is 14.3 Å². The average molecular weight is 329 g/mol. The van der Waals surface area contributed by atoms with Crippen molar-refractivity contribution in [3.8, 4) is 0 Å². The lowest BCUT2D eigenvalue weighted by Gasteiger charge is -2.45. The molecule has 0 aromatic heterocycles. The number of rotatable bonds is 5. The van der Waals surface area contributed by atoms with E-state index in [1.165, 1.54) is 6.42 Å². The molecule has 4 atom stereocenters. The van der Waals surface area contributed by atoms with E-state index in [-0.39, 0.29) is 11.0 Å². The minimum absolute atomic E-state index is 0.0360. The smallest absolute Gasteiger partial charge is 0.331 e. The lowest BCUT2D eigenvalue weighted by atomic mass is 9.68. The Hall–Kier alpha value is -0.353. The first-order valence-corrected chi connectivity index (χ1v) is 11.7. The Morgan fingerprint density at radius 1 is 1.18 bits per heavy atom. The fourth-order valence-corrected chi connectivity index (χ4v) is 4.70. The summed E-state index contributed by atoms with van der Waals surface area (Å²) < 4.78 is 6.37. The van der Waals surface area contributed by atoms with Gasteiger partial charge in [0.15, 0.2) is 8.32 Å². The van der Waals surface area contributed by atoms with E-state index in [9.17, 15) is 9.90 Å². The molecular formula is C18H36O3Si. The molecule has 1 rings (SSSR count). The van der Waals surface area contributed by atoms with Crippen LogP contribution in [0.5, 0.6) is 0 Å². The lowest BCUT2D eigenvalue weighted by molar-refractivity contribution is -0.151. The number of hydrogen-bond donors (Lipinski definition) is 1. The molecule has 1 saturated carbocycles. The van der Waals surface area contributed by atoms with Gasteiger partial charge in [0, 0.05) is 0 Å². The Labute approximate surface area is 138 Å². The summed E-state index contributed by atoms with van der Waals surface area (Å²) in [4.78, 5) is 12.0. The maximum atomic E-state index is 12.0. The highest BCUT2D eigenvalue weighted by Crippen LogP contribution is 2.44. The van der Waals surface area contributed by atoms with Gasteiger partial charge in [-0.1, -0.05) is 48.0 Å². The number of carboxylic acids is 1. The molecule has 0 spiro atoms. The van der Waals surface area contributed by atoms with Crippen molar-refractivity contribution in [3.05, 3.63) is 0 Å². The van der Waals surface area contributed by atoms with Gasteiger partial charge in [0.1, 0.15) is 6.10 Å². The molecule has 1 aliphatic carbocycles. The van der Waals surface area contributed by atoms with E-state index in [0.717, 1.165) is 12.8 Å². The molecule has 0 aromatic carbocycles. The maximum Gasteiger partial charge on any atom is 0.331 e. The third-order valence-corrected chi connectivity index (χ3v) is 10.4. The third kappa shape index (κ3) is 4.57. The summed E-state index contributed by atoms with van der Waals surface area (Å²) in [6.07, 6.45) is 2.69. The van der Waals surface area contributed by atoms with Gasteiger partial charge in [-0.3, -0.25) is 0 Å². The van der Waals surface area contributed by atoms with Crippen molar-refractivity contribution in [1.29, 1.82) is 0 Å². The van der Waals surface area contributed by atoms with Crippen molar-refractivity contribution in [2.75, 3.05) is 0 Å². The topological polar surface area (TPSA) is 46.5 Å². The normalized spacial score (nSPS) is 28.7. The minimum atomic E-state index is -2.08. The van der Waals surface area contributed by atoms with E-state index < -0.39 is 20.4 Å². The van der Waals surface area contributed by atoms with E-state index in [4.69, 9.17) is 4.43 Å². The van der Waals surface area contributed by atoms with Crippen LogP contribution in [0.4, 0.5) is 0 Å². The SMILES string of the molecule is CC1CCC(C(C)C)C(C(O[Si](C)(C)C(C)(C)C)C(=O)O)C1. The van der Waals surface area contributed by atoms with Crippen LogP contribution in [0.2, 0.25) is 18.1 Å². The maximum absolute atomic E-state index is 12.0. The highest BCUT2D eigenvalue weighted by molar-refractivity contribution is 6.74. The molecule has 0 amide bonds. The lowest BCUT2D eigenvalue weighted by Crippen LogP contribution is -2.51. The fourth-order valence-electron chi connectivity index (χ4n) is 3.44. The standard InChI is InChI=1S/C18H36O3Si/c1-12(2)14-10-9-13(3)11-15(14)16(17(19)20)21-22(7,8)18(4,5)6/h12-16H,9-11H2,1-8H3,(H,19,20). The molecule has 22 heavy (non-hydrogen) atoms. The molecular weight excluding hydrogens is 292 g/mol. The molecule has 0 radical (unpaired) electrons. The molecule has 130 valence electrons. The van der Waals surface area contributed by atoms with Gasteiger partial charge in [-0.25, -0.2) is 4.79 Å². The molecule has 1 fully saturated rings. The molecule has 4 heteroatoms. The monoisotopic (exact) mass is 328 g/mol. The first-order valence-electron chi connectivity index (χ1n) is 8.77. The van der Waals surface area contributed by atoms with Gasteiger partial charge in [0.25, 0.3) is 0 Å². The van der Waals surface area contributed by atoms with Crippen LogP contribution in [0.3, 0.4) is 0 Å². The predicted molar refractivity (Wildman–Crippen MR) is 94.5 cm³/mol. The highest BCUT2D eigenvalue weighted by Gasteiger charge is 2.46. The van der Waals surface area contributed by atoms with Gasteiger partial charge in [-0.05, 0) is 54.6 Å². The predicted octanol–water partition coefficient (Wildman–Crippen LogP) is 5.17. The number of carbonyl (C=O) groups is 1. The van der Waals surface area contributed by atoms with Crippen molar-refractivity contribution in [2.24, 2.45) is 23.7 Å². The van der Waals surface area contributed by atoms with Crippen molar-refractivity contribution in [3.63, 3.8) is 0 Å². The fraction of sp³-hybridized carbons (Fsp3) is 0.944. The highest BCUT2D eigenvalue weighted by atomic mass is 28.4. The second-order valence-electron chi connectivity index (χ2n) is 9.13. The van der Waals surface area contributed by atoms with Gasteiger partial charge >= 0.3 is 5.97 Å². The van der Waals surface area contributed by atoms with Crippen LogP contribution in [-0.4, -0.2) is 25.5 Å². The number of hydrogen-bond acceptors (Lipinski definition) is 2. The van der Waals surface area contributed by atoms with Crippen LogP contribution in [0, 0.1) is 23.7 Å². The Morgan fingerprint density at radius 2 is 1.73 bits per heavy atom. The summed E-state index contributed by atoms with van der Waals surface area (Å²) in [6.45, 7) is 17.5. The third-order valence-electron chi connectivity index (χ3n) is 5.93. The quantitative estimate of drug-likeness (QED) is 0.708. The molecule has 0 aliphatic heterocycles. The second kappa shape index (κ2) is 7.04. The molecule has 0 aromatic rings. The van der Waals surface area contributed by atoms with Gasteiger partial charge in [-0.15, -0.1) is 0 Å². The Morgan fingerprint density at radius 3 is 2.14 bits per heavy atom. The molecule has 0 saturated heterocycles. The first kappa shape index (κ1) is 19.7. The average Bonchev–Trinajstić information content (AvgIpc) is 2.33. The summed E-state index contributed by atoms with van der Waals surface area (Å²) >= 11 is 0. The van der Waals surface area contributed by atoms with Gasteiger partial charge in [0.05, 0.1) is 0 Å². The summed E-state index contributed by atoms with van der Waals surface area (Å²) in [5.74, 6) is 0.958. The zero-order valence-corrected chi connectivity index (χ0v) is 16.8. The van der Waals surface area contributed by atoms with Crippen LogP contribution in [0.15, 0.2) is 0 Å². The Balaban J connectivity index is 3.04. The zero-order valence-electron chi connectivity index (χ0n) is 15.8. The van der Waals surface area contributed by atoms with Crippen LogP contribution < -0.4 is 0 Å². The number of aliphatic carboxylic acids is 1. The summed E-state index contributed by atoms with van der Waals surface area (Å²) in [5, 5.41) is 9.87.